The third-order valence-electron chi connectivity index (χ3n) is 5.72. The molecule has 0 saturated heterocycles. The maximum atomic E-state index is 6.09. The number of nitrogens with zero attached hydrogens (tertiary/aromatic N) is 3. The van der Waals surface area contributed by atoms with E-state index >= 15 is 0 Å². The van der Waals surface area contributed by atoms with Gasteiger partial charge in [-0.1, -0.05) is 60.5 Å². The quantitative estimate of drug-likeness (QED) is 0.320. The fraction of sp³-hybridized carbons (Fsp3) is 0.276. The van der Waals surface area contributed by atoms with Crippen molar-refractivity contribution in [3.63, 3.8) is 0 Å². The van der Waals surface area contributed by atoms with Gasteiger partial charge in [0.1, 0.15) is 5.75 Å². The van der Waals surface area contributed by atoms with Crippen LogP contribution in [0.4, 0.5) is 0 Å². The number of hydrogen-bond donors (Lipinski definition) is 0. The van der Waals surface area contributed by atoms with E-state index in [9.17, 15) is 0 Å². The second-order valence-electron chi connectivity index (χ2n) is 8.79. The molecule has 168 valence electrons. The van der Waals surface area contributed by atoms with Crippen molar-refractivity contribution in [2.45, 2.75) is 48.0 Å². The summed E-state index contributed by atoms with van der Waals surface area (Å²) in [5, 5.41) is 0. The molecule has 0 amide bonds. The molecule has 1 heterocycles. The Hall–Kier alpha value is -3.53. The molecule has 0 N–H and O–H groups in total. The number of rotatable bonds is 6. The summed E-state index contributed by atoms with van der Waals surface area (Å²) < 4.78 is 6.09. The first kappa shape index (κ1) is 22.7. The van der Waals surface area contributed by atoms with Crippen LogP contribution in [-0.4, -0.2) is 21.6 Å². The zero-order chi connectivity index (χ0) is 23.5. The highest BCUT2D eigenvalue weighted by Crippen LogP contribution is 2.33. The normalized spacial score (nSPS) is 11.0. The molecule has 0 atom stereocenters. The van der Waals surface area contributed by atoms with Crippen LogP contribution in [0.25, 0.3) is 34.2 Å². The third-order valence-corrected chi connectivity index (χ3v) is 5.72. The first-order chi connectivity index (χ1) is 15.9. The molecular formula is C29H31N3O. The summed E-state index contributed by atoms with van der Waals surface area (Å²) in [6.45, 7) is 13.2. The number of aryl methyl sites for hydroxylation is 5. The average Bonchev–Trinajstić information content (AvgIpc) is 2.77. The zero-order valence-corrected chi connectivity index (χ0v) is 20.4. The number of benzene rings is 3. The lowest BCUT2D eigenvalue weighted by Crippen LogP contribution is -2.04. The molecule has 0 saturated carbocycles. The average molecular weight is 438 g/mol. The number of aromatic nitrogens is 3. The lowest BCUT2D eigenvalue weighted by atomic mass is 10.0. The minimum absolute atomic E-state index is 0.626. The Bertz CT molecular complexity index is 1240. The molecule has 4 rings (SSSR count). The summed E-state index contributed by atoms with van der Waals surface area (Å²) in [7, 11) is 0. The second-order valence-corrected chi connectivity index (χ2v) is 8.79. The van der Waals surface area contributed by atoms with Gasteiger partial charge in [-0.25, -0.2) is 15.0 Å². The molecule has 0 aliphatic heterocycles. The van der Waals surface area contributed by atoms with Crippen LogP contribution >= 0.6 is 0 Å². The van der Waals surface area contributed by atoms with Crippen LogP contribution in [-0.2, 0) is 0 Å². The molecule has 0 aliphatic rings. The van der Waals surface area contributed by atoms with E-state index in [2.05, 4.69) is 90.1 Å². The molecule has 33 heavy (non-hydrogen) atoms. The highest BCUT2D eigenvalue weighted by atomic mass is 16.5. The Morgan fingerprint density at radius 1 is 0.576 bits per heavy atom. The van der Waals surface area contributed by atoms with E-state index in [1.54, 1.807) is 0 Å². The Morgan fingerprint density at radius 2 is 1.00 bits per heavy atom. The van der Waals surface area contributed by atoms with Crippen molar-refractivity contribution >= 4 is 0 Å². The Balaban J connectivity index is 1.96. The van der Waals surface area contributed by atoms with Crippen molar-refractivity contribution in [2.75, 3.05) is 6.61 Å². The van der Waals surface area contributed by atoms with Gasteiger partial charge in [0.25, 0.3) is 0 Å². The highest BCUT2D eigenvalue weighted by Gasteiger charge is 2.17. The third kappa shape index (κ3) is 4.95. The predicted octanol–water partition coefficient (Wildman–Crippen LogP) is 7.20. The number of hydrogen-bond acceptors (Lipinski definition) is 4. The molecule has 3 aromatic carbocycles. The van der Waals surface area contributed by atoms with E-state index in [-0.39, 0.29) is 0 Å². The predicted molar refractivity (Wildman–Crippen MR) is 136 cm³/mol. The van der Waals surface area contributed by atoms with Gasteiger partial charge >= 0.3 is 0 Å². The molecule has 0 unspecified atom stereocenters. The standard InChI is InChI=1S/C29H31N3O/c1-7-14-33-26-17-20(4)10-13-25(26)29-31-27(23-11-8-18(2)15-21(23)5)30-28(32-29)24-12-9-19(3)16-22(24)6/h8-13,15-17H,7,14H2,1-6H3. The van der Waals surface area contributed by atoms with Crippen molar-refractivity contribution < 1.29 is 4.74 Å². The molecule has 0 radical (unpaired) electrons. The fourth-order valence-corrected chi connectivity index (χ4v) is 4.01. The molecule has 0 aliphatic carbocycles. The van der Waals surface area contributed by atoms with Gasteiger partial charge in [0.05, 0.1) is 12.2 Å². The zero-order valence-electron chi connectivity index (χ0n) is 20.4. The van der Waals surface area contributed by atoms with Crippen molar-refractivity contribution in [1.29, 1.82) is 0 Å². The van der Waals surface area contributed by atoms with Gasteiger partial charge in [-0.15, -0.1) is 0 Å². The lowest BCUT2D eigenvalue weighted by Gasteiger charge is -2.14. The highest BCUT2D eigenvalue weighted by molar-refractivity contribution is 5.72. The minimum atomic E-state index is 0.626. The van der Waals surface area contributed by atoms with Crippen molar-refractivity contribution in [2.24, 2.45) is 0 Å². The fourth-order valence-electron chi connectivity index (χ4n) is 4.01. The van der Waals surface area contributed by atoms with Crippen molar-refractivity contribution in [1.82, 2.24) is 15.0 Å². The smallest absolute Gasteiger partial charge is 0.167 e. The largest absolute Gasteiger partial charge is 0.493 e. The van der Waals surface area contributed by atoms with Crippen molar-refractivity contribution in [3.05, 3.63) is 82.4 Å². The van der Waals surface area contributed by atoms with Crippen LogP contribution in [0.1, 0.15) is 41.2 Å². The van der Waals surface area contributed by atoms with Gasteiger partial charge in [0.15, 0.2) is 17.5 Å². The molecule has 0 bridgehead atoms. The van der Waals surface area contributed by atoms with Gasteiger partial charge in [0.2, 0.25) is 0 Å². The van der Waals surface area contributed by atoms with Gasteiger partial charge in [-0.3, -0.25) is 0 Å². The van der Waals surface area contributed by atoms with E-state index < -0.39 is 0 Å². The summed E-state index contributed by atoms with van der Waals surface area (Å²) in [4.78, 5) is 14.8. The summed E-state index contributed by atoms with van der Waals surface area (Å²) in [6, 6.07) is 18.9. The summed E-state index contributed by atoms with van der Waals surface area (Å²) >= 11 is 0. The number of ether oxygens (including phenoxy) is 1. The molecule has 4 aromatic rings. The Kier molecular flexibility index (Phi) is 6.55. The van der Waals surface area contributed by atoms with E-state index in [0.717, 1.165) is 45.6 Å². The Labute approximate surface area is 196 Å². The van der Waals surface area contributed by atoms with Crippen LogP contribution in [0.2, 0.25) is 0 Å². The maximum absolute atomic E-state index is 6.09. The molecule has 0 fully saturated rings. The van der Waals surface area contributed by atoms with Crippen LogP contribution in [0.15, 0.2) is 54.6 Å². The lowest BCUT2D eigenvalue weighted by molar-refractivity contribution is 0.318. The van der Waals surface area contributed by atoms with E-state index in [0.29, 0.717) is 24.1 Å². The first-order valence-corrected chi connectivity index (χ1v) is 11.5. The van der Waals surface area contributed by atoms with Crippen LogP contribution in [0, 0.1) is 34.6 Å². The molecular weight excluding hydrogens is 406 g/mol. The summed E-state index contributed by atoms with van der Waals surface area (Å²) in [5.41, 5.74) is 8.77. The first-order valence-electron chi connectivity index (χ1n) is 11.5. The van der Waals surface area contributed by atoms with E-state index in [1.807, 2.05) is 6.07 Å². The molecule has 0 spiro atoms. The van der Waals surface area contributed by atoms with Crippen LogP contribution < -0.4 is 4.74 Å². The van der Waals surface area contributed by atoms with Crippen LogP contribution in [0.3, 0.4) is 0 Å². The van der Waals surface area contributed by atoms with Gasteiger partial charge in [-0.2, -0.15) is 0 Å². The Morgan fingerprint density at radius 3 is 1.45 bits per heavy atom. The monoisotopic (exact) mass is 437 g/mol. The minimum Gasteiger partial charge on any atom is -0.493 e. The van der Waals surface area contributed by atoms with Gasteiger partial charge in [0, 0.05) is 11.1 Å². The van der Waals surface area contributed by atoms with Crippen molar-refractivity contribution in [3.8, 4) is 39.9 Å². The van der Waals surface area contributed by atoms with E-state index in [4.69, 9.17) is 19.7 Å². The topological polar surface area (TPSA) is 47.9 Å². The van der Waals surface area contributed by atoms with Crippen LogP contribution in [0.5, 0.6) is 5.75 Å². The van der Waals surface area contributed by atoms with Gasteiger partial charge < -0.3 is 4.74 Å². The molecule has 4 heteroatoms. The molecule has 4 nitrogen and oxygen atoms in total. The second kappa shape index (κ2) is 9.53. The molecule has 1 aromatic heterocycles. The summed E-state index contributed by atoms with van der Waals surface area (Å²) in [5.74, 6) is 2.78. The maximum Gasteiger partial charge on any atom is 0.167 e. The SMILES string of the molecule is CCCOc1cc(C)ccc1-c1nc(-c2ccc(C)cc2C)nc(-c2ccc(C)cc2C)n1. The van der Waals surface area contributed by atoms with Gasteiger partial charge in [-0.05, 0) is 69.9 Å². The summed E-state index contributed by atoms with van der Waals surface area (Å²) in [6.07, 6.45) is 0.937. The van der Waals surface area contributed by atoms with E-state index in [1.165, 1.54) is 11.1 Å².